The Bertz CT molecular complexity index is 1160. The monoisotopic (exact) mass is 590 g/mol. The van der Waals surface area contributed by atoms with Crippen molar-refractivity contribution in [3.63, 3.8) is 0 Å². The number of rotatable bonds is 8. The van der Waals surface area contributed by atoms with Crippen LogP contribution in [0.3, 0.4) is 0 Å². The molecular formula is C23H34N4O12S. The summed E-state index contributed by atoms with van der Waals surface area (Å²) in [6, 6.07) is -1.22. The number of carbonyl (C=O) groups is 2. The van der Waals surface area contributed by atoms with E-state index >= 15 is 0 Å². The van der Waals surface area contributed by atoms with Crippen molar-refractivity contribution in [3.05, 3.63) is 36.7 Å². The molecule has 0 aromatic rings. The van der Waals surface area contributed by atoms with E-state index in [4.69, 9.17) is 19.9 Å². The second-order valence-corrected chi connectivity index (χ2v) is 11.0. The van der Waals surface area contributed by atoms with Gasteiger partial charge < -0.3 is 40.2 Å². The molecule has 0 radical (unpaired) electrons. The van der Waals surface area contributed by atoms with E-state index in [9.17, 15) is 37.9 Å². The summed E-state index contributed by atoms with van der Waals surface area (Å²) in [6.45, 7) is 3.67. The molecule has 0 spiro atoms. The summed E-state index contributed by atoms with van der Waals surface area (Å²) in [5.74, 6) is -0.982. The highest BCUT2D eigenvalue weighted by Gasteiger charge is 2.56. The Morgan fingerprint density at radius 1 is 1.15 bits per heavy atom. The Labute approximate surface area is 230 Å². The standard InChI is InChI=1S/C23H34N4O12S/c1-11-5-8-27(13(28)9-11)22-17(31)16(30)19(37-22)18(14-21(32)26(3)7-4-6-25(14)2)38-23-20(39-40(33,34)35)15(29)12(10-24)36-23/h4-5,7-8,12,14-20,22-23,29-31H,1,6,9-10,24H2,2-3H3,(H,33,34,35). The van der Waals surface area contributed by atoms with E-state index in [0.717, 1.165) is 4.90 Å². The highest BCUT2D eigenvalue weighted by Crippen LogP contribution is 2.35. The Hall–Kier alpha value is -2.29. The molecule has 0 bridgehead atoms. The van der Waals surface area contributed by atoms with Crippen LogP contribution in [-0.4, -0.2) is 143 Å². The van der Waals surface area contributed by atoms with Gasteiger partial charge in [-0.3, -0.25) is 23.9 Å². The Morgan fingerprint density at radius 3 is 2.48 bits per heavy atom. The molecule has 0 aromatic carbocycles. The SMILES string of the molecule is C=C1C=CN(C2OC(C(OC3OC(CN)C(O)C3OS(=O)(=O)O)C3C(=O)N(C)C=CCN3C)C(O)C2O)C(=O)C1. The van der Waals surface area contributed by atoms with E-state index in [1.807, 2.05) is 0 Å². The second kappa shape index (κ2) is 11.9. The van der Waals surface area contributed by atoms with Gasteiger partial charge in [0.2, 0.25) is 11.8 Å². The molecule has 0 saturated carbocycles. The van der Waals surface area contributed by atoms with Crippen LogP contribution in [0.5, 0.6) is 0 Å². The van der Waals surface area contributed by atoms with Gasteiger partial charge >= 0.3 is 10.4 Å². The summed E-state index contributed by atoms with van der Waals surface area (Å²) in [4.78, 5) is 30.0. The van der Waals surface area contributed by atoms with Crippen LogP contribution in [-0.2, 0) is 38.4 Å². The van der Waals surface area contributed by atoms with Crippen molar-refractivity contribution in [3.8, 4) is 0 Å². The van der Waals surface area contributed by atoms with E-state index in [2.05, 4.69) is 10.8 Å². The largest absolute Gasteiger partial charge is 0.397 e. The lowest BCUT2D eigenvalue weighted by molar-refractivity contribution is -0.231. The summed E-state index contributed by atoms with van der Waals surface area (Å²) in [7, 11) is -2.04. The molecule has 0 aliphatic carbocycles. The van der Waals surface area contributed by atoms with Crippen LogP contribution in [0, 0.1) is 0 Å². The van der Waals surface area contributed by atoms with Crippen molar-refractivity contribution in [2.24, 2.45) is 5.73 Å². The minimum atomic E-state index is -5.11. The molecule has 2 saturated heterocycles. The van der Waals surface area contributed by atoms with Gasteiger partial charge in [0.1, 0.15) is 42.7 Å². The number of hydrogen-bond donors (Lipinski definition) is 5. The number of amides is 2. The van der Waals surface area contributed by atoms with Crippen LogP contribution < -0.4 is 5.73 Å². The first-order valence-electron chi connectivity index (χ1n) is 12.4. The lowest BCUT2D eigenvalue weighted by Gasteiger charge is -2.38. The summed E-state index contributed by atoms with van der Waals surface area (Å²) in [6.07, 6.45) is -8.05. The third-order valence-electron chi connectivity index (χ3n) is 7.17. The number of likely N-dealkylation sites (N-methyl/N-ethyl adjacent to an activating group) is 2. The zero-order valence-electron chi connectivity index (χ0n) is 21.8. The number of nitrogens with zero attached hydrogens (tertiary/aromatic N) is 3. The van der Waals surface area contributed by atoms with Crippen molar-refractivity contribution < 1.29 is 56.3 Å². The maximum atomic E-state index is 13.5. The molecular weight excluding hydrogens is 556 g/mol. The van der Waals surface area contributed by atoms with Crippen LogP contribution >= 0.6 is 0 Å². The van der Waals surface area contributed by atoms with E-state index in [0.29, 0.717) is 5.57 Å². The molecule has 16 nitrogen and oxygen atoms in total. The average Bonchev–Trinajstić information content (AvgIpc) is 3.27. The fourth-order valence-electron chi connectivity index (χ4n) is 5.11. The van der Waals surface area contributed by atoms with Gasteiger partial charge in [-0.25, -0.2) is 4.18 Å². The molecule has 6 N–H and O–H groups in total. The van der Waals surface area contributed by atoms with Crippen LogP contribution in [0.1, 0.15) is 6.42 Å². The molecule has 2 amide bonds. The van der Waals surface area contributed by atoms with Crippen molar-refractivity contribution in [1.29, 1.82) is 0 Å². The Balaban J connectivity index is 1.71. The van der Waals surface area contributed by atoms with Crippen LogP contribution in [0.2, 0.25) is 0 Å². The fourth-order valence-corrected chi connectivity index (χ4v) is 5.60. The zero-order chi connectivity index (χ0) is 29.5. The van der Waals surface area contributed by atoms with Crippen molar-refractivity contribution >= 4 is 22.2 Å². The Kier molecular flexibility index (Phi) is 9.13. The minimum Gasteiger partial charge on any atom is -0.387 e. The van der Waals surface area contributed by atoms with Crippen LogP contribution in [0.4, 0.5) is 0 Å². The molecule has 2 fully saturated rings. The third kappa shape index (κ3) is 6.14. The van der Waals surface area contributed by atoms with Gasteiger partial charge in [0.15, 0.2) is 18.6 Å². The molecule has 17 heteroatoms. The van der Waals surface area contributed by atoms with Crippen LogP contribution in [0.15, 0.2) is 36.7 Å². The average molecular weight is 591 g/mol. The number of carbonyl (C=O) groups excluding carboxylic acids is 2. The number of ether oxygens (including phenoxy) is 3. The summed E-state index contributed by atoms with van der Waals surface area (Å²) < 4.78 is 54.6. The van der Waals surface area contributed by atoms with Gasteiger partial charge in [0, 0.05) is 32.5 Å². The van der Waals surface area contributed by atoms with Gasteiger partial charge in [-0.1, -0.05) is 12.7 Å². The molecule has 4 aliphatic heterocycles. The van der Waals surface area contributed by atoms with Crippen molar-refractivity contribution in [2.75, 3.05) is 27.2 Å². The third-order valence-corrected chi connectivity index (χ3v) is 7.64. The smallest absolute Gasteiger partial charge is 0.387 e. The lowest BCUT2D eigenvalue weighted by Crippen LogP contribution is -2.59. The predicted octanol–water partition coefficient (Wildman–Crippen LogP) is -3.36. The first-order valence-corrected chi connectivity index (χ1v) is 13.8. The van der Waals surface area contributed by atoms with Gasteiger partial charge in [0.05, 0.1) is 6.42 Å². The maximum Gasteiger partial charge on any atom is 0.397 e. The molecule has 4 rings (SSSR count). The van der Waals surface area contributed by atoms with E-state index < -0.39 is 83.5 Å². The number of aliphatic hydroxyl groups is 3. The zero-order valence-corrected chi connectivity index (χ0v) is 22.6. The topological polar surface area (TPSA) is 222 Å². The van der Waals surface area contributed by atoms with Crippen molar-refractivity contribution in [2.45, 2.75) is 67.7 Å². The van der Waals surface area contributed by atoms with Gasteiger partial charge in [-0.15, -0.1) is 0 Å². The van der Waals surface area contributed by atoms with Crippen LogP contribution in [0.25, 0.3) is 0 Å². The van der Waals surface area contributed by atoms with E-state index in [1.165, 1.54) is 24.3 Å². The van der Waals surface area contributed by atoms with E-state index in [-0.39, 0.29) is 19.5 Å². The normalized spacial score (nSPS) is 38.4. The molecule has 10 atom stereocenters. The van der Waals surface area contributed by atoms with Gasteiger partial charge in [-0.05, 0) is 18.7 Å². The molecule has 10 unspecified atom stereocenters. The number of allylic oxidation sites excluding steroid dienone is 1. The summed E-state index contributed by atoms with van der Waals surface area (Å²) in [5, 5.41) is 32.6. The number of nitrogens with two attached hydrogens (primary N) is 1. The summed E-state index contributed by atoms with van der Waals surface area (Å²) in [5.41, 5.74) is 6.15. The molecule has 0 aromatic heterocycles. The van der Waals surface area contributed by atoms with E-state index in [1.54, 1.807) is 24.1 Å². The van der Waals surface area contributed by atoms with Crippen molar-refractivity contribution in [1.82, 2.24) is 14.7 Å². The second-order valence-electron chi connectivity index (χ2n) is 10.0. The number of aliphatic hydroxyl groups excluding tert-OH is 3. The summed E-state index contributed by atoms with van der Waals surface area (Å²) >= 11 is 0. The lowest BCUT2D eigenvalue weighted by atomic mass is 9.97. The molecule has 40 heavy (non-hydrogen) atoms. The first kappa shape index (κ1) is 30.7. The molecule has 4 aliphatic rings. The number of hydrogen-bond acceptors (Lipinski definition) is 13. The predicted molar refractivity (Wildman–Crippen MR) is 134 cm³/mol. The van der Waals surface area contributed by atoms with Gasteiger partial charge in [0.25, 0.3) is 0 Å². The molecule has 4 heterocycles. The minimum absolute atomic E-state index is 0.0486. The Morgan fingerprint density at radius 2 is 1.85 bits per heavy atom. The highest BCUT2D eigenvalue weighted by molar-refractivity contribution is 7.80. The highest BCUT2D eigenvalue weighted by atomic mass is 32.3. The fraction of sp³-hybridized carbons (Fsp3) is 0.652. The van der Waals surface area contributed by atoms with Gasteiger partial charge in [-0.2, -0.15) is 8.42 Å². The molecule has 224 valence electrons. The quantitative estimate of drug-likeness (QED) is 0.174. The maximum absolute atomic E-state index is 13.5. The first-order chi connectivity index (χ1) is 18.7.